The summed E-state index contributed by atoms with van der Waals surface area (Å²) in [7, 11) is 0. The van der Waals surface area contributed by atoms with Crippen LogP contribution in [0.2, 0.25) is 0 Å². The highest BCUT2D eigenvalue weighted by Gasteiger charge is 2.27. The van der Waals surface area contributed by atoms with Crippen LogP contribution < -0.4 is 5.32 Å². The molecule has 122 valence electrons. The van der Waals surface area contributed by atoms with Crippen molar-refractivity contribution in [2.75, 3.05) is 6.54 Å². The van der Waals surface area contributed by atoms with Crippen LogP contribution >= 0.6 is 15.9 Å². The van der Waals surface area contributed by atoms with Crippen LogP contribution in [0.5, 0.6) is 0 Å². The molecule has 7 heteroatoms. The summed E-state index contributed by atoms with van der Waals surface area (Å²) < 4.78 is 8.70. The predicted molar refractivity (Wildman–Crippen MR) is 88.9 cm³/mol. The molecule has 0 saturated carbocycles. The Labute approximate surface area is 143 Å². The summed E-state index contributed by atoms with van der Waals surface area (Å²) in [4.78, 5) is 12.2. The van der Waals surface area contributed by atoms with E-state index in [0.29, 0.717) is 31.3 Å². The third-order valence-electron chi connectivity index (χ3n) is 3.73. The number of halogens is 1. The molecule has 3 rings (SSSR count). The second-order valence-electron chi connectivity index (χ2n) is 6.02. The van der Waals surface area contributed by atoms with Gasteiger partial charge in [-0.15, -0.1) is 5.10 Å². The van der Waals surface area contributed by atoms with Gasteiger partial charge in [-0.25, -0.2) is 4.68 Å². The van der Waals surface area contributed by atoms with Gasteiger partial charge in [0.05, 0.1) is 18.8 Å². The first-order valence-electron chi connectivity index (χ1n) is 7.62. The fourth-order valence-corrected chi connectivity index (χ4v) is 2.71. The third kappa shape index (κ3) is 3.61. The Hall–Kier alpha value is -1.73. The van der Waals surface area contributed by atoms with Gasteiger partial charge in [0.1, 0.15) is 6.10 Å². The molecule has 23 heavy (non-hydrogen) atoms. The fourth-order valence-electron chi connectivity index (χ4n) is 2.45. The Morgan fingerprint density at radius 3 is 2.87 bits per heavy atom. The largest absolute Gasteiger partial charge is 0.365 e. The molecule has 1 aromatic heterocycles. The summed E-state index contributed by atoms with van der Waals surface area (Å²) in [6.07, 6.45) is -0.0797. The molecule has 1 amide bonds. The molecular weight excluding hydrogens is 360 g/mol. The summed E-state index contributed by atoms with van der Waals surface area (Å²) in [6, 6.07) is 8.01. The van der Waals surface area contributed by atoms with Gasteiger partial charge < -0.3 is 10.1 Å². The van der Waals surface area contributed by atoms with Gasteiger partial charge in [-0.2, -0.15) is 0 Å². The van der Waals surface area contributed by atoms with Gasteiger partial charge in [-0.3, -0.25) is 4.79 Å². The average molecular weight is 379 g/mol. The second kappa shape index (κ2) is 6.80. The maximum atomic E-state index is 12.2. The van der Waals surface area contributed by atoms with E-state index in [1.54, 1.807) is 4.68 Å². The quantitative estimate of drug-likeness (QED) is 0.887. The topological polar surface area (TPSA) is 69.0 Å². The minimum atomic E-state index is -0.189. The first kappa shape index (κ1) is 16.1. The molecule has 0 bridgehead atoms. The number of carbonyl (C=O) groups excluding carboxylic acids is 1. The average Bonchev–Trinajstić information content (AvgIpc) is 2.96. The molecule has 0 radical (unpaired) electrons. The van der Waals surface area contributed by atoms with Crippen LogP contribution in [0.4, 0.5) is 0 Å². The van der Waals surface area contributed by atoms with Crippen molar-refractivity contribution in [3.63, 3.8) is 0 Å². The van der Waals surface area contributed by atoms with Crippen molar-refractivity contribution in [1.82, 2.24) is 20.3 Å². The lowest BCUT2D eigenvalue weighted by Gasteiger charge is -2.24. The van der Waals surface area contributed by atoms with Crippen molar-refractivity contribution < 1.29 is 9.53 Å². The molecule has 0 fully saturated rings. The lowest BCUT2D eigenvalue weighted by atomic mass is 10.1. The van der Waals surface area contributed by atoms with Crippen molar-refractivity contribution in [2.24, 2.45) is 5.92 Å². The van der Waals surface area contributed by atoms with E-state index in [1.807, 2.05) is 38.1 Å². The molecule has 0 saturated heterocycles. The summed E-state index contributed by atoms with van der Waals surface area (Å²) in [6.45, 7) is 5.60. The zero-order valence-electron chi connectivity index (χ0n) is 13.1. The normalized spacial score (nSPS) is 17.1. The number of nitrogens with zero attached hydrogens (tertiary/aromatic N) is 3. The first-order chi connectivity index (χ1) is 11.0. The van der Waals surface area contributed by atoms with E-state index in [9.17, 15) is 4.79 Å². The highest BCUT2D eigenvalue weighted by atomic mass is 79.9. The van der Waals surface area contributed by atoms with Crippen molar-refractivity contribution in [3.8, 4) is 0 Å². The van der Waals surface area contributed by atoms with E-state index in [2.05, 4.69) is 31.6 Å². The lowest BCUT2D eigenvalue weighted by molar-refractivity contribution is -0.00177. The zero-order valence-corrected chi connectivity index (χ0v) is 14.7. The van der Waals surface area contributed by atoms with Crippen molar-refractivity contribution in [1.29, 1.82) is 0 Å². The van der Waals surface area contributed by atoms with Gasteiger partial charge in [-0.05, 0) is 23.6 Å². The summed E-state index contributed by atoms with van der Waals surface area (Å²) in [5.74, 6) is 0.203. The fraction of sp³-hybridized carbons (Fsp3) is 0.438. The highest BCUT2D eigenvalue weighted by Crippen LogP contribution is 2.27. The smallest absolute Gasteiger partial charge is 0.273 e. The van der Waals surface area contributed by atoms with E-state index in [0.717, 1.165) is 15.7 Å². The van der Waals surface area contributed by atoms with Crippen LogP contribution in [-0.2, 0) is 17.9 Å². The number of hydrogen-bond acceptors (Lipinski definition) is 4. The molecule has 1 aromatic carbocycles. The van der Waals surface area contributed by atoms with Crippen LogP contribution in [-0.4, -0.2) is 27.4 Å². The molecule has 2 heterocycles. The number of rotatable bonds is 4. The summed E-state index contributed by atoms with van der Waals surface area (Å²) in [5.41, 5.74) is 2.18. The number of aromatic nitrogens is 3. The Morgan fingerprint density at radius 1 is 1.43 bits per heavy atom. The Morgan fingerprint density at radius 2 is 2.17 bits per heavy atom. The van der Waals surface area contributed by atoms with E-state index in [4.69, 9.17) is 4.74 Å². The standard InChI is InChI=1S/C16H19BrN4O2/c1-10(2)7-18-16(22)15-13-9-23-14(8-21(13)20-19-15)11-3-5-12(17)6-4-11/h3-6,10,14H,7-9H2,1-2H3,(H,18,22). The van der Waals surface area contributed by atoms with Crippen LogP contribution in [0, 0.1) is 5.92 Å². The minimum absolute atomic E-state index is 0.0797. The van der Waals surface area contributed by atoms with Crippen LogP contribution in [0.15, 0.2) is 28.7 Å². The molecular formula is C16H19BrN4O2. The Kier molecular flexibility index (Phi) is 4.77. The molecule has 1 aliphatic heterocycles. The SMILES string of the molecule is CC(C)CNC(=O)c1nnn2c1COC(c1ccc(Br)cc1)C2. The lowest BCUT2D eigenvalue weighted by Crippen LogP contribution is -2.30. The van der Waals surface area contributed by atoms with Gasteiger partial charge >= 0.3 is 0 Å². The number of ether oxygens (including phenoxy) is 1. The Bertz CT molecular complexity index is 697. The molecule has 1 N–H and O–H groups in total. The Balaban J connectivity index is 1.73. The summed E-state index contributed by atoms with van der Waals surface area (Å²) >= 11 is 3.43. The number of hydrogen-bond donors (Lipinski definition) is 1. The number of carbonyl (C=O) groups is 1. The molecule has 2 aromatic rings. The second-order valence-corrected chi connectivity index (χ2v) is 6.94. The highest BCUT2D eigenvalue weighted by molar-refractivity contribution is 9.10. The number of amides is 1. The molecule has 1 aliphatic rings. The van der Waals surface area contributed by atoms with E-state index in [-0.39, 0.29) is 12.0 Å². The van der Waals surface area contributed by atoms with Crippen molar-refractivity contribution in [3.05, 3.63) is 45.7 Å². The van der Waals surface area contributed by atoms with E-state index < -0.39 is 0 Å². The number of fused-ring (bicyclic) bond motifs is 1. The van der Waals surface area contributed by atoms with Gasteiger partial charge in [0.15, 0.2) is 5.69 Å². The van der Waals surface area contributed by atoms with E-state index in [1.165, 1.54) is 0 Å². The number of nitrogens with one attached hydrogen (secondary N) is 1. The van der Waals surface area contributed by atoms with Gasteiger partial charge in [0.25, 0.3) is 5.91 Å². The molecule has 0 aliphatic carbocycles. The van der Waals surface area contributed by atoms with Gasteiger partial charge in [0.2, 0.25) is 0 Å². The van der Waals surface area contributed by atoms with Gasteiger partial charge in [-0.1, -0.05) is 47.1 Å². The maximum Gasteiger partial charge on any atom is 0.273 e. The minimum Gasteiger partial charge on any atom is -0.365 e. The number of benzene rings is 1. The zero-order chi connectivity index (χ0) is 16.4. The first-order valence-corrected chi connectivity index (χ1v) is 8.41. The maximum absolute atomic E-state index is 12.2. The molecule has 1 unspecified atom stereocenters. The van der Waals surface area contributed by atoms with Crippen LogP contribution in [0.25, 0.3) is 0 Å². The third-order valence-corrected chi connectivity index (χ3v) is 4.25. The summed E-state index contributed by atoms with van der Waals surface area (Å²) in [5, 5.41) is 11.0. The van der Waals surface area contributed by atoms with Crippen molar-refractivity contribution in [2.45, 2.75) is 33.1 Å². The van der Waals surface area contributed by atoms with Gasteiger partial charge in [0, 0.05) is 11.0 Å². The molecule has 1 atom stereocenters. The van der Waals surface area contributed by atoms with E-state index >= 15 is 0 Å². The van der Waals surface area contributed by atoms with Crippen LogP contribution in [0.1, 0.15) is 41.7 Å². The van der Waals surface area contributed by atoms with Crippen LogP contribution in [0.3, 0.4) is 0 Å². The molecule has 0 spiro atoms. The monoisotopic (exact) mass is 378 g/mol. The molecule has 6 nitrogen and oxygen atoms in total. The predicted octanol–water partition coefficient (Wildman–Crippen LogP) is 2.70. The van der Waals surface area contributed by atoms with Crippen molar-refractivity contribution >= 4 is 21.8 Å².